The van der Waals surface area contributed by atoms with Gasteiger partial charge in [-0.2, -0.15) is 0 Å². The number of amides is 1. The topological polar surface area (TPSA) is 68.5 Å². The molecule has 120 valence electrons. The summed E-state index contributed by atoms with van der Waals surface area (Å²) >= 11 is 0. The van der Waals surface area contributed by atoms with E-state index in [1.165, 1.54) is 17.5 Å². The number of benzene rings is 1. The van der Waals surface area contributed by atoms with Crippen molar-refractivity contribution in [2.45, 2.75) is 32.3 Å². The zero-order valence-electron chi connectivity index (χ0n) is 13.1. The number of aromatic nitrogens is 2. The van der Waals surface area contributed by atoms with Gasteiger partial charge in [0.25, 0.3) is 5.91 Å². The smallest absolute Gasteiger partial charge is 0.254 e. The lowest BCUT2D eigenvalue weighted by molar-refractivity contribution is -0.0349. The molecule has 1 amide bonds. The predicted octanol–water partition coefficient (Wildman–Crippen LogP) is 2.08. The summed E-state index contributed by atoms with van der Waals surface area (Å²) in [4.78, 5) is 14.6. The van der Waals surface area contributed by atoms with Gasteiger partial charge in [-0.1, -0.05) is 6.07 Å². The molecular formula is C17H19N3O3. The molecule has 1 aliphatic heterocycles. The second kappa shape index (κ2) is 5.77. The van der Waals surface area contributed by atoms with Crippen molar-refractivity contribution in [3.8, 4) is 0 Å². The van der Waals surface area contributed by atoms with Crippen LogP contribution >= 0.6 is 0 Å². The van der Waals surface area contributed by atoms with Gasteiger partial charge in [0.05, 0.1) is 13.2 Å². The van der Waals surface area contributed by atoms with Gasteiger partial charge in [-0.25, -0.2) is 0 Å². The average molecular weight is 313 g/mol. The molecule has 1 aliphatic carbocycles. The minimum Gasteiger partial charge on any atom is -0.423 e. The van der Waals surface area contributed by atoms with Crippen molar-refractivity contribution < 1.29 is 13.9 Å². The molecule has 0 radical (unpaired) electrons. The third-order valence-electron chi connectivity index (χ3n) is 4.52. The maximum absolute atomic E-state index is 12.8. The Bertz CT molecular complexity index is 740. The van der Waals surface area contributed by atoms with Crippen molar-refractivity contribution >= 4 is 5.91 Å². The molecule has 6 nitrogen and oxygen atoms in total. The Morgan fingerprint density at radius 1 is 1.26 bits per heavy atom. The molecular weight excluding hydrogens is 294 g/mol. The van der Waals surface area contributed by atoms with E-state index in [2.05, 4.69) is 16.3 Å². The Labute approximate surface area is 134 Å². The second-order valence-corrected chi connectivity index (χ2v) is 6.11. The van der Waals surface area contributed by atoms with Crippen LogP contribution in [0.15, 0.2) is 22.6 Å². The van der Waals surface area contributed by atoms with Crippen molar-refractivity contribution in [2.75, 3.05) is 19.7 Å². The summed E-state index contributed by atoms with van der Waals surface area (Å²) in [5, 5.41) is 7.83. The van der Waals surface area contributed by atoms with Crippen LogP contribution in [0.3, 0.4) is 0 Å². The Hall–Kier alpha value is -2.21. The third-order valence-corrected chi connectivity index (χ3v) is 4.52. The minimum atomic E-state index is -0.344. The van der Waals surface area contributed by atoms with E-state index in [9.17, 15) is 4.79 Å². The maximum atomic E-state index is 12.8. The highest BCUT2D eigenvalue weighted by molar-refractivity contribution is 5.94. The summed E-state index contributed by atoms with van der Waals surface area (Å²) in [6.45, 7) is 3.24. The highest BCUT2D eigenvalue weighted by Crippen LogP contribution is 2.25. The first kappa shape index (κ1) is 14.4. The van der Waals surface area contributed by atoms with Crippen molar-refractivity contribution in [3.63, 3.8) is 0 Å². The molecule has 4 rings (SSSR count). The highest BCUT2D eigenvalue weighted by Gasteiger charge is 2.29. The molecule has 23 heavy (non-hydrogen) atoms. The van der Waals surface area contributed by atoms with Gasteiger partial charge in [-0.3, -0.25) is 4.79 Å². The van der Waals surface area contributed by atoms with Crippen LogP contribution in [0.5, 0.6) is 0 Å². The number of fused-ring (bicyclic) bond motifs is 1. The number of ether oxygens (including phenoxy) is 1. The molecule has 0 N–H and O–H groups in total. The zero-order chi connectivity index (χ0) is 15.8. The van der Waals surface area contributed by atoms with Gasteiger partial charge in [0, 0.05) is 19.0 Å². The number of hydrogen-bond donors (Lipinski definition) is 0. The molecule has 2 aliphatic rings. The lowest BCUT2D eigenvalue weighted by atomic mass is 10.1. The number of nitrogens with zero attached hydrogens (tertiary/aromatic N) is 3. The highest BCUT2D eigenvalue weighted by atomic mass is 16.5. The van der Waals surface area contributed by atoms with Gasteiger partial charge >= 0.3 is 0 Å². The minimum absolute atomic E-state index is 0.0456. The Morgan fingerprint density at radius 3 is 2.96 bits per heavy atom. The first-order chi connectivity index (χ1) is 11.2. The van der Waals surface area contributed by atoms with Crippen LogP contribution in [0.4, 0.5) is 0 Å². The van der Waals surface area contributed by atoms with E-state index < -0.39 is 0 Å². The van der Waals surface area contributed by atoms with Crippen LogP contribution in [0.2, 0.25) is 0 Å². The van der Waals surface area contributed by atoms with Crippen molar-refractivity contribution in [2.24, 2.45) is 0 Å². The molecule has 1 aromatic heterocycles. The lowest BCUT2D eigenvalue weighted by Crippen LogP contribution is -2.42. The van der Waals surface area contributed by atoms with E-state index in [0.717, 1.165) is 18.4 Å². The van der Waals surface area contributed by atoms with Gasteiger partial charge in [0.2, 0.25) is 11.8 Å². The summed E-state index contributed by atoms with van der Waals surface area (Å²) in [7, 11) is 0. The lowest BCUT2D eigenvalue weighted by Gasteiger charge is -2.31. The van der Waals surface area contributed by atoms with E-state index in [0.29, 0.717) is 31.5 Å². The summed E-state index contributed by atoms with van der Waals surface area (Å²) in [5.74, 6) is 0.990. The first-order valence-corrected chi connectivity index (χ1v) is 8.03. The predicted molar refractivity (Wildman–Crippen MR) is 82.1 cm³/mol. The number of aryl methyl sites for hydroxylation is 3. The van der Waals surface area contributed by atoms with E-state index in [4.69, 9.17) is 9.15 Å². The fraction of sp³-hybridized carbons (Fsp3) is 0.471. The normalized spacial score (nSPS) is 20.6. The fourth-order valence-corrected chi connectivity index (χ4v) is 3.31. The quantitative estimate of drug-likeness (QED) is 0.849. The molecule has 2 heterocycles. The van der Waals surface area contributed by atoms with Gasteiger partial charge in [0.1, 0.15) is 0 Å². The van der Waals surface area contributed by atoms with Gasteiger partial charge in [0.15, 0.2) is 6.10 Å². The molecule has 1 saturated heterocycles. The number of hydrogen-bond acceptors (Lipinski definition) is 5. The van der Waals surface area contributed by atoms with E-state index in [1.54, 1.807) is 6.92 Å². The summed E-state index contributed by atoms with van der Waals surface area (Å²) in [5.41, 5.74) is 3.45. The van der Waals surface area contributed by atoms with Crippen LogP contribution in [0.1, 0.15) is 45.8 Å². The number of morpholine rings is 1. The summed E-state index contributed by atoms with van der Waals surface area (Å²) < 4.78 is 11.1. The number of rotatable bonds is 2. The zero-order valence-corrected chi connectivity index (χ0v) is 13.1. The van der Waals surface area contributed by atoms with Gasteiger partial charge in [-0.05, 0) is 42.5 Å². The molecule has 2 aromatic rings. The van der Waals surface area contributed by atoms with Gasteiger partial charge in [-0.15, -0.1) is 10.2 Å². The molecule has 1 atom stereocenters. The van der Waals surface area contributed by atoms with Crippen LogP contribution in [0.25, 0.3) is 0 Å². The standard InChI is InChI=1S/C17H19N3O3/c1-11-18-19-16(23-11)15-10-20(7-8-22-15)17(21)14-6-5-12-3-2-4-13(12)9-14/h5-6,9,15H,2-4,7-8,10H2,1H3/t15-/m1/s1. The molecule has 1 aromatic carbocycles. The van der Waals surface area contributed by atoms with Crippen molar-refractivity contribution in [3.05, 3.63) is 46.7 Å². The Morgan fingerprint density at radius 2 is 2.13 bits per heavy atom. The van der Waals surface area contributed by atoms with E-state index >= 15 is 0 Å². The molecule has 0 spiro atoms. The Kier molecular flexibility index (Phi) is 3.61. The molecule has 0 bridgehead atoms. The fourth-order valence-electron chi connectivity index (χ4n) is 3.31. The monoisotopic (exact) mass is 313 g/mol. The van der Waals surface area contributed by atoms with E-state index in [-0.39, 0.29) is 12.0 Å². The van der Waals surface area contributed by atoms with E-state index in [1.807, 2.05) is 17.0 Å². The summed E-state index contributed by atoms with van der Waals surface area (Å²) in [6.07, 6.45) is 3.04. The van der Waals surface area contributed by atoms with Crippen LogP contribution in [-0.2, 0) is 17.6 Å². The second-order valence-electron chi connectivity index (χ2n) is 6.11. The largest absolute Gasteiger partial charge is 0.423 e. The maximum Gasteiger partial charge on any atom is 0.254 e. The SMILES string of the molecule is Cc1nnc([C@H]2CN(C(=O)c3ccc4c(c3)CCC4)CCO2)o1. The first-order valence-electron chi connectivity index (χ1n) is 8.03. The van der Waals surface area contributed by atoms with Crippen LogP contribution in [0, 0.1) is 6.92 Å². The average Bonchev–Trinajstić information content (AvgIpc) is 3.22. The molecule has 6 heteroatoms. The van der Waals surface area contributed by atoms with Crippen molar-refractivity contribution in [1.82, 2.24) is 15.1 Å². The molecule has 1 fully saturated rings. The third kappa shape index (κ3) is 2.74. The van der Waals surface area contributed by atoms with Crippen molar-refractivity contribution in [1.29, 1.82) is 0 Å². The Balaban J connectivity index is 1.51. The number of carbonyl (C=O) groups excluding carboxylic acids is 1. The van der Waals surface area contributed by atoms with Crippen LogP contribution in [-0.4, -0.2) is 40.7 Å². The van der Waals surface area contributed by atoms with Crippen LogP contribution < -0.4 is 0 Å². The van der Waals surface area contributed by atoms with Gasteiger partial charge < -0.3 is 14.1 Å². The number of carbonyl (C=O) groups is 1. The molecule has 0 saturated carbocycles. The molecule has 0 unspecified atom stereocenters. The summed E-state index contributed by atoms with van der Waals surface area (Å²) in [6, 6.07) is 6.08.